The van der Waals surface area contributed by atoms with Crippen LogP contribution in [0.2, 0.25) is 0 Å². The van der Waals surface area contributed by atoms with Gasteiger partial charge in [0.1, 0.15) is 28.4 Å². The molecular weight excluding hydrogens is 300 g/mol. The fourth-order valence-electron chi connectivity index (χ4n) is 2.39. The van der Waals surface area contributed by atoms with Crippen molar-refractivity contribution in [1.29, 1.82) is 0 Å². The molecule has 0 radical (unpaired) electrons. The topological polar surface area (TPSA) is 100 Å². The molecule has 0 saturated carbocycles. The monoisotopic (exact) mass is 314 g/mol. The smallest absolute Gasteiger partial charge is 0.342 e. The first-order valence-corrected chi connectivity index (χ1v) is 6.96. The van der Waals surface area contributed by atoms with Gasteiger partial charge in [0.2, 0.25) is 0 Å². The first-order valence-electron chi connectivity index (χ1n) is 6.96. The van der Waals surface area contributed by atoms with Crippen LogP contribution in [-0.4, -0.2) is 27.9 Å². The largest absolute Gasteiger partial charge is 0.508 e. The third-order valence-corrected chi connectivity index (χ3v) is 3.38. The van der Waals surface area contributed by atoms with Crippen molar-refractivity contribution in [3.8, 4) is 28.6 Å². The van der Waals surface area contributed by atoms with E-state index in [4.69, 9.17) is 9.15 Å². The second-order valence-corrected chi connectivity index (χ2v) is 4.91. The van der Waals surface area contributed by atoms with Crippen LogP contribution in [0.25, 0.3) is 22.3 Å². The highest BCUT2D eigenvalue weighted by atomic mass is 16.5. The lowest BCUT2D eigenvalue weighted by atomic mass is 10.0. The Bertz CT molecular complexity index is 893. The average molecular weight is 314 g/mol. The molecular formula is C17H14O6. The summed E-state index contributed by atoms with van der Waals surface area (Å²) in [6, 6.07) is 8.30. The summed E-state index contributed by atoms with van der Waals surface area (Å²) in [5.41, 5.74) is 0.680. The minimum absolute atomic E-state index is 0.0110. The molecule has 1 heterocycles. The zero-order valence-corrected chi connectivity index (χ0v) is 12.2. The van der Waals surface area contributed by atoms with Crippen LogP contribution in [0.15, 0.2) is 40.8 Å². The molecule has 0 spiro atoms. The number of fused-ring (bicyclic) bond motifs is 1. The standard InChI is InChI=1S/C17H14O6/c1-2-22-17(21)15-12-6-4-10(19)8-14(12)23-16(15)11-5-3-9(18)7-13(11)20/h3-8,18-20H,2H2,1H3. The predicted molar refractivity (Wildman–Crippen MR) is 82.6 cm³/mol. The van der Waals surface area contributed by atoms with Crippen molar-refractivity contribution < 1.29 is 29.3 Å². The van der Waals surface area contributed by atoms with E-state index in [0.29, 0.717) is 5.39 Å². The maximum absolute atomic E-state index is 12.3. The van der Waals surface area contributed by atoms with Gasteiger partial charge in [-0.3, -0.25) is 0 Å². The van der Waals surface area contributed by atoms with Crippen LogP contribution < -0.4 is 0 Å². The van der Waals surface area contributed by atoms with E-state index in [1.807, 2.05) is 0 Å². The number of ether oxygens (including phenoxy) is 1. The summed E-state index contributed by atoms with van der Waals surface area (Å²) in [6.45, 7) is 1.87. The van der Waals surface area contributed by atoms with Gasteiger partial charge in [0, 0.05) is 17.5 Å². The fraction of sp³-hybridized carbons (Fsp3) is 0.118. The number of phenols is 3. The van der Waals surface area contributed by atoms with Crippen molar-refractivity contribution in [2.75, 3.05) is 6.61 Å². The number of rotatable bonds is 3. The molecule has 6 heteroatoms. The molecule has 23 heavy (non-hydrogen) atoms. The number of carbonyl (C=O) groups excluding carboxylic acids is 1. The Morgan fingerprint density at radius 2 is 1.78 bits per heavy atom. The van der Waals surface area contributed by atoms with Crippen molar-refractivity contribution in [1.82, 2.24) is 0 Å². The normalized spacial score (nSPS) is 10.8. The van der Waals surface area contributed by atoms with Gasteiger partial charge in [-0.1, -0.05) is 0 Å². The highest BCUT2D eigenvalue weighted by molar-refractivity contribution is 6.09. The van der Waals surface area contributed by atoms with E-state index in [1.165, 1.54) is 24.3 Å². The van der Waals surface area contributed by atoms with E-state index in [-0.39, 0.29) is 46.3 Å². The summed E-state index contributed by atoms with van der Waals surface area (Å²) in [5.74, 6) is -0.847. The first-order chi connectivity index (χ1) is 11.0. The first kappa shape index (κ1) is 14.8. The molecule has 3 aromatic rings. The predicted octanol–water partition coefficient (Wildman–Crippen LogP) is 3.39. The molecule has 1 aromatic heterocycles. The van der Waals surface area contributed by atoms with E-state index < -0.39 is 5.97 Å². The molecule has 3 N–H and O–H groups in total. The van der Waals surface area contributed by atoms with Gasteiger partial charge in [0.05, 0.1) is 12.2 Å². The quantitative estimate of drug-likeness (QED) is 0.641. The molecule has 0 saturated heterocycles. The Balaban J connectivity index is 2.30. The van der Waals surface area contributed by atoms with Crippen LogP contribution in [0.1, 0.15) is 17.3 Å². The van der Waals surface area contributed by atoms with E-state index in [9.17, 15) is 20.1 Å². The molecule has 2 aromatic carbocycles. The van der Waals surface area contributed by atoms with Crippen LogP contribution >= 0.6 is 0 Å². The van der Waals surface area contributed by atoms with Gasteiger partial charge in [-0.25, -0.2) is 4.79 Å². The summed E-state index contributed by atoms with van der Waals surface area (Å²) in [5, 5.41) is 29.5. The van der Waals surface area contributed by atoms with Crippen molar-refractivity contribution in [3.63, 3.8) is 0 Å². The van der Waals surface area contributed by atoms with E-state index in [2.05, 4.69) is 0 Å². The fourth-order valence-corrected chi connectivity index (χ4v) is 2.39. The lowest BCUT2D eigenvalue weighted by molar-refractivity contribution is 0.0528. The summed E-state index contributed by atoms with van der Waals surface area (Å²) in [6.07, 6.45) is 0. The highest BCUT2D eigenvalue weighted by Gasteiger charge is 2.25. The third kappa shape index (κ3) is 2.55. The summed E-state index contributed by atoms with van der Waals surface area (Å²) in [4.78, 5) is 12.3. The average Bonchev–Trinajstić information content (AvgIpc) is 2.85. The SMILES string of the molecule is CCOC(=O)c1c(-c2ccc(O)cc2O)oc2cc(O)ccc12. The summed E-state index contributed by atoms with van der Waals surface area (Å²) >= 11 is 0. The van der Waals surface area contributed by atoms with Crippen molar-refractivity contribution in [3.05, 3.63) is 42.0 Å². The summed E-state index contributed by atoms with van der Waals surface area (Å²) in [7, 11) is 0. The number of benzene rings is 2. The second kappa shape index (κ2) is 5.57. The van der Waals surface area contributed by atoms with Gasteiger partial charge >= 0.3 is 5.97 Å². The van der Waals surface area contributed by atoms with Crippen molar-refractivity contribution in [2.24, 2.45) is 0 Å². The van der Waals surface area contributed by atoms with Crippen LogP contribution in [0.4, 0.5) is 0 Å². The molecule has 0 bridgehead atoms. The van der Waals surface area contributed by atoms with Crippen LogP contribution in [0, 0.1) is 0 Å². The number of hydrogen-bond donors (Lipinski definition) is 3. The van der Waals surface area contributed by atoms with Crippen LogP contribution in [-0.2, 0) is 4.74 Å². The van der Waals surface area contributed by atoms with Crippen LogP contribution in [0.5, 0.6) is 17.2 Å². The minimum Gasteiger partial charge on any atom is -0.508 e. The molecule has 0 atom stereocenters. The minimum atomic E-state index is -0.598. The maximum atomic E-state index is 12.3. The lowest BCUT2D eigenvalue weighted by Gasteiger charge is -2.05. The van der Waals surface area contributed by atoms with Gasteiger partial charge in [-0.2, -0.15) is 0 Å². The molecule has 0 fully saturated rings. The number of esters is 1. The highest BCUT2D eigenvalue weighted by Crippen LogP contribution is 2.40. The second-order valence-electron chi connectivity index (χ2n) is 4.91. The van der Waals surface area contributed by atoms with Gasteiger partial charge < -0.3 is 24.5 Å². The molecule has 6 nitrogen and oxygen atoms in total. The van der Waals surface area contributed by atoms with Gasteiger partial charge in [0.15, 0.2) is 5.76 Å². The Morgan fingerprint density at radius 1 is 1.09 bits per heavy atom. The van der Waals surface area contributed by atoms with E-state index in [0.717, 1.165) is 6.07 Å². The van der Waals surface area contributed by atoms with Gasteiger partial charge in [-0.15, -0.1) is 0 Å². The Hall–Kier alpha value is -3.15. The number of phenolic OH excluding ortho intramolecular Hbond substituents is 3. The van der Waals surface area contributed by atoms with Crippen LogP contribution in [0.3, 0.4) is 0 Å². The summed E-state index contributed by atoms with van der Waals surface area (Å²) < 4.78 is 10.7. The Labute approximate surface area is 131 Å². The molecule has 3 rings (SSSR count). The molecule has 0 aliphatic rings. The molecule has 0 unspecified atom stereocenters. The Morgan fingerprint density at radius 3 is 2.48 bits per heavy atom. The third-order valence-electron chi connectivity index (χ3n) is 3.38. The number of furan rings is 1. The van der Waals surface area contributed by atoms with E-state index >= 15 is 0 Å². The van der Waals surface area contributed by atoms with Crippen molar-refractivity contribution in [2.45, 2.75) is 6.92 Å². The zero-order chi connectivity index (χ0) is 16.6. The van der Waals surface area contributed by atoms with E-state index in [1.54, 1.807) is 13.0 Å². The molecule has 0 amide bonds. The van der Waals surface area contributed by atoms with Crippen molar-refractivity contribution >= 4 is 16.9 Å². The van der Waals surface area contributed by atoms with Gasteiger partial charge in [-0.05, 0) is 31.2 Å². The molecule has 0 aliphatic heterocycles. The Kier molecular flexibility index (Phi) is 3.57. The number of aromatic hydroxyl groups is 3. The molecule has 118 valence electrons. The number of hydrogen-bond acceptors (Lipinski definition) is 6. The van der Waals surface area contributed by atoms with Gasteiger partial charge in [0.25, 0.3) is 0 Å². The number of carbonyl (C=O) groups is 1. The molecule has 0 aliphatic carbocycles. The zero-order valence-electron chi connectivity index (χ0n) is 12.2. The maximum Gasteiger partial charge on any atom is 0.342 e. The lowest BCUT2D eigenvalue weighted by Crippen LogP contribution is -2.05.